The Hall–Kier alpha value is -1.57. The van der Waals surface area contributed by atoms with Crippen LogP contribution in [-0.4, -0.2) is 10.1 Å². The zero-order chi connectivity index (χ0) is 9.14. The van der Waals surface area contributed by atoms with E-state index in [1.165, 1.54) is 0 Å². The molecule has 0 unspecified atom stereocenters. The highest BCUT2D eigenvalue weighted by Gasteiger charge is 2.01. The first kappa shape index (κ1) is 8.53. The van der Waals surface area contributed by atoms with Gasteiger partial charge in [0.1, 0.15) is 5.76 Å². The molecule has 0 aliphatic carbocycles. The van der Waals surface area contributed by atoms with E-state index in [1.54, 1.807) is 12.3 Å². The molecule has 2 nitrogen and oxygen atoms in total. The molecule has 1 aromatic heterocycles. The smallest absolute Gasteiger partial charge is 0.117 e. The Kier molecular flexibility index (Phi) is 2.29. The van der Waals surface area contributed by atoms with Crippen LogP contribution in [-0.2, 0) is 0 Å². The molecule has 1 heterocycles. The van der Waals surface area contributed by atoms with Crippen LogP contribution < -0.4 is 0 Å². The number of hydrogen-bond donors (Lipinski definition) is 1. The molecule has 2 heteroatoms. The van der Waals surface area contributed by atoms with Crippen LogP contribution in [0.2, 0.25) is 0 Å². The van der Waals surface area contributed by atoms with Crippen LogP contribution >= 0.6 is 0 Å². The van der Waals surface area contributed by atoms with E-state index < -0.39 is 0 Å². The highest BCUT2D eigenvalue weighted by molar-refractivity contribution is 5.71. The van der Waals surface area contributed by atoms with Gasteiger partial charge >= 0.3 is 0 Å². The average molecular weight is 161 g/mol. The van der Waals surface area contributed by atoms with E-state index in [4.69, 9.17) is 5.11 Å². The Balaban J connectivity index is 2.98. The number of aliphatic hydroxyl groups is 1. The zero-order valence-electron chi connectivity index (χ0n) is 7.04. The van der Waals surface area contributed by atoms with Crippen molar-refractivity contribution >= 4 is 5.57 Å². The van der Waals surface area contributed by atoms with Crippen molar-refractivity contribution in [3.05, 3.63) is 48.5 Å². The summed E-state index contributed by atoms with van der Waals surface area (Å²) in [5, 5.41) is 9.01. The van der Waals surface area contributed by atoms with Gasteiger partial charge in [-0.15, -0.1) is 0 Å². The summed E-state index contributed by atoms with van der Waals surface area (Å²) in [5.74, 6) is -0.0358. The molecule has 0 aliphatic heterocycles. The molecular weight excluding hydrogens is 150 g/mol. The first-order valence-corrected chi connectivity index (χ1v) is 3.61. The van der Waals surface area contributed by atoms with Gasteiger partial charge in [0.05, 0.1) is 5.69 Å². The SMILES string of the molecule is C=C(O)C(=C)c1ccc(C)cn1. The minimum absolute atomic E-state index is 0.0358. The third-order valence-corrected chi connectivity index (χ3v) is 1.57. The van der Waals surface area contributed by atoms with E-state index >= 15 is 0 Å². The van der Waals surface area contributed by atoms with Gasteiger partial charge in [0, 0.05) is 11.8 Å². The second kappa shape index (κ2) is 3.22. The zero-order valence-corrected chi connectivity index (χ0v) is 7.04. The maximum Gasteiger partial charge on any atom is 0.117 e. The summed E-state index contributed by atoms with van der Waals surface area (Å²) in [6, 6.07) is 3.72. The standard InChI is InChI=1S/C10H11NO/c1-7-4-5-10(11-6-7)8(2)9(3)12/h4-6,12H,2-3H2,1H3. The van der Waals surface area contributed by atoms with Gasteiger partial charge in [0.2, 0.25) is 0 Å². The molecule has 1 aromatic rings. The number of pyridine rings is 1. The number of aryl methyl sites for hydroxylation is 1. The first-order chi connectivity index (χ1) is 5.61. The van der Waals surface area contributed by atoms with Gasteiger partial charge in [-0.25, -0.2) is 0 Å². The van der Waals surface area contributed by atoms with Crippen LogP contribution in [0.3, 0.4) is 0 Å². The molecule has 1 rings (SSSR count). The molecule has 0 atom stereocenters. The molecule has 62 valence electrons. The second-order valence-electron chi connectivity index (χ2n) is 2.65. The van der Waals surface area contributed by atoms with E-state index in [0.29, 0.717) is 11.3 Å². The van der Waals surface area contributed by atoms with Crippen molar-refractivity contribution < 1.29 is 5.11 Å². The number of hydrogen-bond acceptors (Lipinski definition) is 2. The largest absolute Gasteiger partial charge is 0.508 e. The topological polar surface area (TPSA) is 33.1 Å². The number of aromatic nitrogens is 1. The average Bonchev–Trinajstić information content (AvgIpc) is 2.04. The highest BCUT2D eigenvalue weighted by atomic mass is 16.3. The third-order valence-electron chi connectivity index (χ3n) is 1.57. The Morgan fingerprint density at radius 3 is 2.50 bits per heavy atom. The fraction of sp³-hybridized carbons (Fsp3) is 0.100. The molecule has 0 aromatic carbocycles. The van der Waals surface area contributed by atoms with Crippen LogP contribution in [0.5, 0.6) is 0 Å². The number of rotatable bonds is 2. The lowest BCUT2D eigenvalue weighted by molar-refractivity contribution is 0.440. The lowest BCUT2D eigenvalue weighted by atomic mass is 10.1. The predicted octanol–water partition coefficient (Wildman–Crippen LogP) is 2.47. The predicted molar refractivity (Wildman–Crippen MR) is 49.8 cm³/mol. The van der Waals surface area contributed by atoms with Crippen molar-refractivity contribution in [1.82, 2.24) is 4.98 Å². The molecular formula is C10H11NO. The van der Waals surface area contributed by atoms with Crippen molar-refractivity contribution in [2.45, 2.75) is 6.92 Å². The minimum Gasteiger partial charge on any atom is -0.508 e. The molecule has 1 N–H and O–H groups in total. The number of allylic oxidation sites excluding steroid dienone is 1. The minimum atomic E-state index is -0.0358. The van der Waals surface area contributed by atoms with Gasteiger partial charge in [0.25, 0.3) is 0 Å². The van der Waals surface area contributed by atoms with Gasteiger partial charge < -0.3 is 5.11 Å². The summed E-state index contributed by atoms with van der Waals surface area (Å²) < 4.78 is 0. The van der Waals surface area contributed by atoms with Crippen LogP contribution in [0.4, 0.5) is 0 Å². The van der Waals surface area contributed by atoms with Gasteiger partial charge in [-0.2, -0.15) is 0 Å². The summed E-state index contributed by atoms with van der Waals surface area (Å²) in [4.78, 5) is 4.08. The number of aliphatic hydroxyl groups excluding tert-OH is 1. The monoisotopic (exact) mass is 161 g/mol. The summed E-state index contributed by atoms with van der Waals surface area (Å²) >= 11 is 0. The molecule has 12 heavy (non-hydrogen) atoms. The maximum absolute atomic E-state index is 9.01. The molecule has 0 saturated heterocycles. The fourth-order valence-electron chi connectivity index (χ4n) is 0.794. The van der Waals surface area contributed by atoms with Crippen LogP contribution in [0, 0.1) is 6.92 Å². The Bertz CT molecular complexity index is 311. The Morgan fingerprint density at radius 2 is 2.08 bits per heavy atom. The van der Waals surface area contributed by atoms with E-state index in [2.05, 4.69) is 18.1 Å². The fourth-order valence-corrected chi connectivity index (χ4v) is 0.794. The van der Waals surface area contributed by atoms with Crippen LogP contribution in [0.1, 0.15) is 11.3 Å². The maximum atomic E-state index is 9.01. The molecule has 0 bridgehead atoms. The molecule has 0 radical (unpaired) electrons. The molecule has 0 amide bonds. The van der Waals surface area contributed by atoms with E-state index in [9.17, 15) is 0 Å². The quantitative estimate of drug-likeness (QED) is 0.534. The first-order valence-electron chi connectivity index (χ1n) is 3.61. The van der Waals surface area contributed by atoms with Crippen molar-refractivity contribution in [2.75, 3.05) is 0 Å². The number of nitrogens with zero attached hydrogens (tertiary/aromatic N) is 1. The van der Waals surface area contributed by atoms with Crippen molar-refractivity contribution in [3.8, 4) is 0 Å². The van der Waals surface area contributed by atoms with Crippen molar-refractivity contribution in [2.24, 2.45) is 0 Å². The Labute approximate surface area is 71.9 Å². The lowest BCUT2D eigenvalue weighted by Crippen LogP contribution is -1.90. The van der Waals surface area contributed by atoms with Crippen LogP contribution in [0.15, 0.2) is 37.2 Å². The third kappa shape index (κ3) is 1.72. The Morgan fingerprint density at radius 1 is 1.42 bits per heavy atom. The molecule has 0 saturated carbocycles. The van der Waals surface area contributed by atoms with E-state index in [-0.39, 0.29) is 5.76 Å². The van der Waals surface area contributed by atoms with Gasteiger partial charge in [-0.1, -0.05) is 19.2 Å². The van der Waals surface area contributed by atoms with Crippen molar-refractivity contribution in [1.29, 1.82) is 0 Å². The normalized spacial score (nSPS) is 9.42. The molecule has 0 fully saturated rings. The summed E-state index contributed by atoms with van der Waals surface area (Å²) in [7, 11) is 0. The van der Waals surface area contributed by atoms with Gasteiger partial charge in [-0.05, 0) is 18.6 Å². The van der Waals surface area contributed by atoms with Gasteiger partial charge in [-0.3, -0.25) is 4.98 Å². The lowest BCUT2D eigenvalue weighted by Gasteiger charge is -2.02. The molecule has 0 spiro atoms. The van der Waals surface area contributed by atoms with E-state index in [0.717, 1.165) is 5.56 Å². The summed E-state index contributed by atoms with van der Waals surface area (Å²) in [6.07, 6.45) is 1.73. The second-order valence-corrected chi connectivity index (χ2v) is 2.65. The summed E-state index contributed by atoms with van der Waals surface area (Å²) in [5.41, 5.74) is 2.21. The highest BCUT2D eigenvalue weighted by Crippen LogP contribution is 2.14. The van der Waals surface area contributed by atoms with Gasteiger partial charge in [0.15, 0.2) is 0 Å². The van der Waals surface area contributed by atoms with Crippen molar-refractivity contribution in [3.63, 3.8) is 0 Å². The van der Waals surface area contributed by atoms with Crippen LogP contribution in [0.25, 0.3) is 5.57 Å². The molecule has 0 aliphatic rings. The summed E-state index contributed by atoms with van der Waals surface area (Å²) in [6.45, 7) is 8.96. The van der Waals surface area contributed by atoms with E-state index in [1.807, 2.05) is 13.0 Å².